The summed E-state index contributed by atoms with van der Waals surface area (Å²) in [7, 11) is 0. The number of carbonyl (C=O) groups is 1. The molecule has 2 aromatic carbocycles. The lowest BCUT2D eigenvalue weighted by Crippen LogP contribution is -2.07. The molecule has 102 valence electrons. The topological polar surface area (TPSA) is 17.1 Å². The molecule has 0 bridgehead atoms. The molecule has 0 heterocycles. The summed E-state index contributed by atoms with van der Waals surface area (Å²) in [5.74, 6) is -0.411. The van der Waals surface area contributed by atoms with Crippen LogP contribution in [0.1, 0.15) is 39.9 Å². The molecule has 0 fully saturated rings. The Morgan fingerprint density at radius 3 is 2.35 bits per heavy atom. The zero-order valence-electron chi connectivity index (χ0n) is 11.0. The van der Waals surface area contributed by atoms with Crippen molar-refractivity contribution in [2.75, 3.05) is 0 Å². The van der Waals surface area contributed by atoms with Gasteiger partial charge in [-0.25, -0.2) is 4.39 Å². The number of aryl methyl sites for hydroxylation is 2. The van der Waals surface area contributed by atoms with E-state index in [0.717, 1.165) is 12.8 Å². The maximum absolute atomic E-state index is 13.2. The molecule has 0 aliphatic heterocycles. The molecule has 0 amide bonds. The largest absolute Gasteiger partial charge is 0.289 e. The minimum Gasteiger partial charge on any atom is -0.289 e. The highest BCUT2D eigenvalue weighted by atomic mass is 79.9. The van der Waals surface area contributed by atoms with Gasteiger partial charge in [0, 0.05) is 11.1 Å². The third-order valence-corrected chi connectivity index (χ3v) is 4.40. The summed E-state index contributed by atoms with van der Waals surface area (Å²) in [4.78, 5) is 12.5. The van der Waals surface area contributed by atoms with Crippen molar-refractivity contribution in [3.63, 3.8) is 0 Å². The second kappa shape index (κ2) is 5.49. The van der Waals surface area contributed by atoms with E-state index in [2.05, 4.69) is 22.0 Å². The van der Waals surface area contributed by atoms with Crippen molar-refractivity contribution in [2.24, 2.45) is 0 Å². The average molecular weight is 333 g/mol. The van der Waals surface area contributed by atoms with Crippen molar-refractivity contribution in [3.8, 4) is 0 Å². The zero-order valence-corrected chi connectivity index (χ0v) is 12.5. The summed E-state index contributed by atoms with van der Waals surface area (Å²) in [5.41, 5.74) is 3.83. The minimum absolute atomic E-state index is 0.0564. The van der Waals surface area contributed by atoms with E-state index in [4.69, 9.17) is 0 Å². The van der Waals surface area contributed by atoms with Crippen molar-refractivity contribution in [3.05, 3.63) is 68.9 Å². The second-order valence-corrected chi connectivity index (χ2v) is 6.00. The molecular weight excluding hydrogens is 319 g/mol. The summed E-state index contributed by atoms with van der Waals surface area (Å²) >= 11 is 3.12. The number of rotatable bonds is 2. The van der Waals surface area contributed by atoms with Crippen LogP contribution in [0.4, 0.5) is 4.39 Å². The molecule has 20 heavy (non-hydrogen) atoms. The molecule has 0 N–H and O–H groups in total. The molecule has 0 saturated carbocycles. The Kier molecular flexibility index (Phi) is 3.70. The highest BCUT2D eigenvalue weighted by molar-refractivity contribution is 9.10. The fraction of sp³-hybridized carbons (Fsp3) is 0.235. The zero-order chi connectivity index (χ0) is 14.1. The second-order valence-electron chi connectivity index (χ2n) is 5.15. The van der Waals surface area contributed by atoms with Gasteiger partial charge in [-0.1, -0.05) is 12.1 Å². The summed E-state index contributed by atoms with van der Waals surface area (Å²) < 4.78 is 13.6. The molecule has 0 unspecified atom stereocenters. The van der Waals surface area contributed by atoms with Crippen molar-refractivity contribution >= 4 is 21.7 Å². The summed E-state index contributed by atoms with van der Waals surface area (Å²) in [6.45, 7) is 0. The summed E-state index contributed by atoms with van der Waals surface area (Å²) in [5, 5.41) is 0. The molecule has 0 spiro atoms. The van der Waals surface area contributed by atoms with Gasteiger partial charge in [0.2, 0.25) is 0 Å². The molecular formula is C17H14BrFO. The first kappa shape index (κ1) is 13.5. The van der Waals surface area contributed by atoms with Gasteiger partial charge in [-0.3, -0.25) is 4.79 Å². The van der Waals surface area contributed by atoms with E-state index in [1.165, 1.54) is 42.2 Å². The predicted molar refractivity (Wildman–Crippen MR) is 80.6 cm³/mol. The molecule has 0 aromatic heterocycles. The molecule has 2 aromatic rings. The Morgan fingerprint density at radius 1 is 0.950 bits per heavy atom. The van der Waals surface area contributed by atoms with Crippen molar-refractivity contribution in [2.45, 2.75) is 25.7 Å². The lowest BCUT2D eigenvalue weighted by atomic mass is 9.89. The van der Waals surface area contributed by atoms with Gasteiger partial charge in [0.15, 0.2) is 5.78 Å². The van der Waals surface area contributed by atoms with Crippen molar-refractivity contribution in [1.29, 1.82) is 0 Å². The van der Waals surface area contributed by atoms with Crippen molar-refractivity contribution < 1.29 is 9.18 Å². The molecule has 1 aliphatic carbocycles. The Labute approximate surface area is 126 Å². The van der Waals surface area contributed by atoms with Crippen LogP contribution in [0.25, 0.3) is 0 Å². The Balaban J connectivity index is 1.95. The number of halogens is 2. The van der Waals surface area contributed by atoms with Gasteiger partial charge in [-0.2, -0.15) is 0 Å². The number of hydrogen-bond donors (Lipinski definition) is 0. The lowest BCUT2D eigenvalue weighted by Gasteiger charge is -2.16. The van der Waals surface area contributed by atoms with E-state index < -0.39 is 0 Å². The van der Waals surface area contributed by atoms with Crippen LogP contribution in [-0.2, 0) is 12.8 Å². The van der Waals surface area contributed by atoms with Gasteiger partial charge in [-0.05, 0) is 77.0 Å². The summed E-state index contributed by atoms with van der Waals surface area (Å²) in [6.07, 6.45) is 4.56. The standard InChI is InChI=1S/C17H14BrFO/c18-15-10-14(7-8-16(15)19)17(20)13-6-5-11-3-1-2-4-12(11)9-13/h5-10H,1-4H2. The fourth-order valence-corrected chi connectivity index (χ4v) is 3.06. The van der Waals surface area contributed by atoms with E-state index in [-0.39, 0.29) is 11.6 Å². The molecule has 0 radical (unpaired) electrons. The molecule has 1 nitrogen and oxygen atoms in total. The van der Waals surface area contributed by atoms with E-state index >= 15 is 0 Å². The minimum atomic E-state index is -0.355. The van der Waals surface area contributed by atoms with Gasteiger partial charge in [-0.15, -0.1) is 0 Å². The predicted octanol–water partition coefficient (Wildman–Crippen LogP) is 4.70. The third kappa shape index (κ3) is 2.55. The SMILES string of the molecule is O=C(c1ccc(F)c(Br)c1)c1ccc2c(c1)CCCC2. The number of ketones is 1. The van der Waals surface area contributed by atoms with Crippen LogP contribution >= 0.6 is 15.9 Å². The Hall–Kier alpha value is -1.48. The van der Waals surface area contributed by atoms with Crippen LogP contribution in [0.15, 0.2) is 40.9 Å². The normalized spacial score (nSPS) is 13.9. The first-order valence-electron chi connectivity index (χ1n) is 6.77. The van der Waals surface area contributed by atoms with E-state index in [1.807, 2.05) is 12.1 Å². The monoisotopic (exact) mass is 332 g/mol. The Bertz CT molecular complexity index is 679. The van der Waals surface area contributed by atoms with Gasteiger partial charge >= 0.3 is 0 Å². The fourth-order valence-electron chi connectivity index (χ4n) is 2.68. The lowest BCUT2D eigenvalue weighted by molar-refractivity contribution is 0.103. The van der Waals surface area contributed by atoms with Gasteiger partial charge in [0.1, 0.15) is 5.82 Å². The maximum atomic E-state index is 13.2. The average Bonchev–Trinajstić information content (AvgIpc) is 2.49. The van der Waals surface area contributed by atoms with Crippen LogP contribution in [0.2, 0.25) is 0 Å². The third-order valence-electron chi connectivity index (χ3n) is 3.79. The molecule has 3 heteroatoms. The maximum Gasteiger partial charge on any atom is 0.193 e. The first-order valence-corrected chi connectivity index (χ1v) is 7.56. The summed E-state index contributed by atoms with van der Waals surface area (Å²) in [6, 6.07) is 10.3. The van der Waals surface area contributed by atoms with Crippen LogP contribution in [0.5, 0.6) is 0 Å². The highest BCUT2D eigenvalue weighted by Gasteiger charge is 2.15. The van der Waals surface area contributed by atoms with E-state index in [9.17, 15) is 9.18 Å². The molecule has 0 saturated heterocycles. The van der Waals surface area contributed by atoms with Crippen LogP contribution in [-0.4, -0.2) is 5.78 Å². The van der Waals surface area contributed by atoms with Gasteiger partial charge < -0.3 is 0 Å². The first-order chi connectivity index (χ1) is 9.65. The number of hydrogen-bond acceptors (Lipinski definition) is 1. The molecule has 0 atom stereocenters. The Morgan fingerprint density at radius 2 is 1.60 bits per heavy atom. The van der Waals surface area contributed by atoms with E-state index in [0.29, 0.717) is 15.6 Å². The number of benzene rings is 2. The number of carbonyl (C=O) groups excluding carboxylic acids is 1. The van der Waals surface area contributed by atoms with Crippen LogP contribution < -0.4 is 0 Å². The number of fused-ring (bicyclic) bond motifs is 1. The van der Waals surface area contributed by atoms with Gasteiger partial charge in [0.05, 0.1) is 4.47 Å². The van der Waals surface area contributed by atoms with Crippen molar-refractivity contribution in [1.82, 2.24) is 0 Å². The highest BCUT2D eigenvalue weighted by Crippen LogP contribution is 2.24. The smallest absolute Gasteiger partial charge is 0.193 e. The molecule has 1 aliphatic rings. The van der Waals surface area contributed by atoms with Crippen LogP contribution in [0.3, 0.4) is 0 Å². The van der Waals surface area contributed by atoms with Gasteiger partial charge in [0.25, 0.3) is 0 Å². The van der Waals surface area contributed by atoms with E-state index in [1.54, 1.807) is 0 Å². The molecule has 3 rings (SSSR count). The quantitative estimate of drug-likeness (QED) is 0.728. The van der Waals surface area contributed by atoms with Crippen LogP contribution in [0, 0.1) is 5.82 Å².